The largest absolute Gasteiger partial charge is 0.497 e. The highest BCUT2D eigenvalue weighted by atomic mass is 127. The van der Waals surface area contributed by atoms with Crippen molar-refractivity contribution >= 4 is 63.5 Å². The summed E-state index contributed by atoms with van der Waals surface area (Å²) in [5.74, 6) is 0.115. The maximum atomic E-state index is 12.3. The van der Waals surface area contributed by atoms with Crippen LogP contribution in [0, 0.1) is 14.9 Å². The van der Waals surface area contributed by atoms with E-state index in [1.165, 1.54) is 12.1 Å². The quantitative estimate of drug-likeness (QED) is 0.380. The van der Waals surface area contributed by atoms with Crippen LogP contribution in [0.15, 0.2) is 42.0 Å². The fraction of sp³-hybridized carbons (Fsp3) is 0.0588. The second kappa shape index (κ2) is 8.38. The maximum absolute atomic E-state index is 12.3. The van der Waals surface area contributed by atoms with Crippen LogP contribution in [0.4, 0.5) is 5.69 Å². The number of rotatable bonds is 4. The minimum absolute atomic E-state index is 0.0369. The van der Waals surface area contributed by atoms with Crippen LogP contribution in [0.2, 0.25) is 10.0 Å². The molecule has 0 saturated heterocycles. The van der Waals surface area contributed by atoms with E-state index in [1.807, 2.05) is 18.2 Å². The highest BCUT2D eigenvalue weighted by Crippen LogP contribution is 2.25. The van der Waals surface area contributed by atoms with Crippen molar-refractivity contribution in [1.82, 2.24) is 0 Å². The highest BCUT2D eigenvalue weighted by Gasteiger charge is 2.11. The van der Waals surface area contributed by atoms with E-state index in [9.17, 15) is 10.1 Å². The van der Waals surface area contributed by atoms with Gasteiger partial charge >= 0.3 is 0 Å². The number of nitrogens with zero attached hydrogens (tertiary/aromatic N) is 1. The highest BCUT2D eigenvalue weighted by molar-refractivity contribution is 14.1. The van der Waals surface area contributed by atoms with Gasteiger partial charge in [0.25, 0.3) is 5.91 Å². The summed E-state index contributed by atoms with van der Waals surface area (Å²) in [6.07, 6.45) is 1.50. The van der Waals surface area contributed by atoms with Gasteiger partial charge in [0, 0.05) is 9.26 Å². The Bertz CT molecular complexity index is 860. The molecule has 1 amide bonds. The third-order valence-corrected chi connectivity index (χ3v) is 4.34. The number of methoxy groups -OCH3 is 1. The second-order valence-corrected chi connectivity index (χ2v) is 6.74. The Morgan fingerprint density at radius 1 is 1.25 bits per heavy atom. The van der Waals surface area contributed by atoms with Gasteiger partial charge < -0.3 is 10.1 Å². The number of carbonyl (C=O) groups is 1. The Hall–Kier alpha value is -1.75. The molecule has 1 N–H and O–H groups in total. The minimum atomic E-state index is -0.534. The fourth-order valence-corrected chi connectivity index (χ4v) is 2.84. The van der Waals surface area contributed by atoms with Crippen LogP contribution in [0.1, 0.15) is 5.56 Å². The standard InChI is InChI=1S/C17H11Cl2IN2O2/c1-24-14-6-10(5-12(20)7-14)4-11(9-21)17(23)22-13-2-3-15(18)16(19)8-13/h2-8H,1H3,(H,22,23)/b11-4+. The van der Waals surface area contributed by atoms with E-state index in [0.717, 1.165) is 3.57 Å². The first-order valence-corrected chi connectivity index (χ1v) is 8.49. The molecular formula is C17H11Cl2IN2O2. The molecule has 0 bridgehead atoms. The zero-order chi connectivity index (χ0) is 17.7. The zero-order valence-corrected chi connectivity index (χ0v) is 16.1. The van der Waals surface area contributed by atoms with Crippen LogP contribution >= 0.6 is 45.8 Å². The molecule has 122 valence electrons. The van der Waals surface area contributed by atoms with Gasteiger partial charge in [0.2, 0.25) is 0 Å². The summed E-state index contributed by atoms with van der Waals surface area (Å²) in [4.78, 5) is 12.3. The number of benzene rings is 2. The molecule has 0 unspecified atom stereocenters. The van der Waals surface area contributed by atoms with Gasteiger partial charge in [-0.3, -0.25) is 4.79 Å². The van der Waals surface area contributed by atoms with Crippen LogP contribution in [0.3, 0.4) is 0 Å². The van der Waals surface area contributed by atoms with Crippen molar-refractivity contribution in [2.75, 3.05) is 12.4 Å². The first-order valence-electron chi connectivity index (χ1n) is 6.65. The van der Waals surface area contributed by atoms with E-state index in [4.69, 9.17) is 27.9 Å². The number of ether oxygens (including phenoxy) is 1. The Kier molecular flexibility index (Phi) is 6.49. The molecule has 4 nitrogen and oxygen atoms in total. The lowest BCUT2D eigenvalue weighted by atomic mass is 10.1. The predicted molar refractivity (Wildman–Crippen MR) is 104 cm³/mol. The maximum Gasteiger partial charge on any atom is 0.266 e. The number of carbonyl (C=O) groups excluding carboxylic acids is 1. The fourth-order valence-electron chi connectivity index (χ4n) is 1.87. The van der Waals surface area contributed by atoms with Crippen LogP contribution in [0.25, 0.3) is 6.08 Å². The normalized spacial score (nSPS) is 10.9. The summed E-state index contributed by atoms with van der Waals surface area (Å²) in [5.41, 5.74) is 1.11. The monoisotopic (exact) mass is 472 g/mol. The first kappa shape index (κ1) is 18.6. The number of hydrogen-bond donors (Lipinski definition) is 1. The van der Waals surface area contributed by atoms with Crippen LogP contribution in [-0.2, 0) is 4.79 Å². The molecule has 0 spiro atoms. The SMILES string of the molecule is COc1cc(I)cc(/C=C(\C#N)C(=O)Nc2ccc(Cl)c(Cl)c2)c1. The molecule has 2 aromatic rings. The molecule has 2 rings (SSSR count). The van der Waals surface area contributed by atoms with Gasteiger partial charge in [-0.15, -0.1) is 0 Å². The average Bonchev–Trinajstić information content (AvgIpc) is 2.55. The molecule has 0 radical (unpaired) electrons. The van der Waals surface area contributed by atoms with Crippen molar-refractivity contribution in [2.45, 2.75) is 0 Å². The Labute approximate surface area is 163 Å². The molecule has 2 aromatic carbocycles. The van der Waals surface area contributed by atoms with Gasteiger partial charge in [-0.1, -0.05) is 23.2 Å². The Morgan fingerprint density at radius 2 is 2.00 bits per heavy atom. The number of nitrogens with one attached hydrogen (secondary N) is 1. The molecule has 0 heterocycles. The number of halogens is 3. The molecule has 0 fully saturated rings. The third-order valence-electron chi connectivity index (χ3n) is 2.98. The van der Waals surface area contributed by atoms with Crippen molar-refractivity contribution in [3.05, 3.63) is 61.2 Å². The predicted octanol–water partition coefficient (Wildman–Crippen LogP) is 5.15. The summed E-state index contributed by atoms with van der Waals surface area (Å²) in [6.45, 7) is 0. The first-order chi connectivity index (χ1) is 11.4. The van der Waals surface area contributed by atoms with Crippen molar-refractivity contribution in [3.8, 4) is 11.8 Å². The van der Waals surface area contributed by atoms with Crippen molar-refractivity contribution in [1.29, 1.82) is 5.26 Å². The summed E-state index contributed by atoms with van der Waals surface area (Å²) < 4.78 is 6.12. The number of anilines is 1. The van der Waals surface area contributed by atoms with Gasteiger partial charge in [-0.05, 0) is 70.6 Å². The van der Waals surface area contributed by atoms with Crippen LogP contribution in [0.5, 0.6) is 5.75 Å². The van der Waals surface area contributed by atoms with Gasteiger partial charge in [-0.2, -0.15) is 5.26 Å². The molecular weight excluding hydrogens is 462 g/mol. The topological polar surface area (TPSA) is 62.1 Å². The third kappa shape index (κ3) is 4.87. The lowest BCUT2D eigenvalue weighted by molar-refractivity contribution is -0.112. The molecule has 0 atom stereocenters. The summed E-state index contributed by atoms with van der Waals surface area (Å²) in [6, 6.07) is 12.0. The number of nitriles is 1. The van der Waals surface area contributed by atoms with Gasteiger partial charge in [-0.25, -0.2) is 0 Å². The smallest absolute Gasteiger partial charge is 0.266 e. The van der Waals surface area contributed by atoms with E-state index < -0.39 is 5.91 Å². The van der Waals surface area contributed by atoms with E-state index >= 15 is 0 Å². The van der Waals surface area contributed by atoms with Crippen molar-refractivity contribution < 1.29 is 9.53 Å². The Balaban J connectivity index is 2.27. The molecule has 0 aromatic heterocycles. The molecule has 0 aliphatic heterocycles. The number of amides is 1. The van der Waals surface area contributed by atoms with Gasteiger partial charge in [0.05, 0.1) is 17.2 Å². The molecule has 24 heavy (non-hydrogen) atoms. The molecule has 0 saturated carbocycles. The molecule has 7 heteroatoms. The van der Waals surface area contributed by atoms with Gasteiger partial charge in [0.1, 0.15) is 17.4 Å². The summed E-state index contributed by atoms with van der Waals surface area (Å²) >= 11 is 13.9. The van der Waals surface area contributed by atoms with Crippen LogP contribution < -0.4 is 10.1 Å². The lowest BCUT2D eigenvalue weighted by Crippen LogP contribution is -2.13. The minimum Gasteiger partial charge on any atom is -0.497 e. The van der Waals surface area contributed by atoms with Gasteiger partial charge in [0.15, 0.2) is 0 Å². The van der Waals surface area contributed by atoms with E-state index in [2.05, 4.69) is 27.9 Å². The summed E-state index contributed by atoms with van der Waals surface area (Å²) in [5, 5.41) is 12.6. The van der Waals surface area contributed by atoms with Crippen molar-refractivity contribution in [3.63, 3.8) is 0 Å². The Morgan fingerprint density at radius 3 is 2.62 bits per heavy atom. The van der Waals surface area contributed by atoms with Crippen LogP contribution in [-0.4, -0.2) is 13.0 Å². The van der Waals surface area contributed by atoms with E-state index in [1.54, 1.807) is 25.3 Å². The van der Waals surface area contributed by atoms with E-state index in [-0.39, 0.29) is 5.57 Å². The number of hydrogen-bond acceptors (Lipinski definition) is 3. The second-order valence-electron chi connectivity index (χ2n) is 4.68. The summed E-state index contributed by atoms with van der Waals surface area (Å²) in [7, 11) is 1.56. The van der Waals surface area contributed by atoms with Crippen molar-refractivity contribution in [2.24, 2.45) is 0 Å². The van der Waals surface area contributed by atoms with E-state index in [0.29, 0.717) is 27.0 Å². The average molecular weight is 473 g/mol. The lowest BCUT2D eigenvalue weighted by Gasteiger charge is -2.06. The zero-order valence-electron chi connectivity index (χ0n) is 12.4. The molecule has 0 aliphatic rings. The molecule has 0 aliphatic carbocycles.